The van der Waals surface area contributed by atoms with E-state index in [-0.39, 0.29) is 0 Å². The minimum absolute atomic E-state index is 0.763. The molecule has 0 aromatic heterocycles. The van der Waals surface area contributed by atoms with Gasteiger partial charge < -0.3 is 5.32 Å². The molecular formula is C14H20ClNS. The maximum Gasteiger partial charge on any atom is 0.0417 e. The highest BCUT2D eigenvalue weighted by atomic mass is 35.5. The topological polar surface area (TPSA) is 12.0 Å². The van der Waals surface area contributed by atoms with E-state index >= 15 is 0 Å². The van der Waals surface area contributed by atoms with Gasteiger partial charge in [-0.15, -0.1) is 11.8 Å². The second-order valence-corrected chi connectivity index (χ2v) is 6.18. The molecule has 0 radical (unpaired) electrons. The van der Waals surface area contributed by atoms with Crippen molar-refractivity contribution in [3.05, 3.63) is 28.8 Å². The molecule has 1 fully saturated rings. The average molecular weight is 270 g/mol. The summed E-state index contributed by atoms with van der Waals surface area (Å²) in [4.78, 5) is 1.35. The van der Waals surface area contributed by atoms with Gasteiger partial charge in [0.05, 0.1) is 0 Å². The van der Waals surface area contributed by atoms with Crippen LogP contribution in [0.1, 0.15) is 38.2 Å². The van der Waals surface area contributed by atoms with Gasteiger partial charge in [0, 0.05) is 22.5 Å². The van der Waals surface area contributed by atoms with Crippen LogP contribution in [-0.4, -0.2) is 11.8 Å². The summed E-state index contributed by atoms with van der Waals surface area (Å²) >= 11 is 8.00. The average Bonchev–Trinajstić information content (AvgIpc) is 3.12. The van der Waals surface area contributed by atoms with Crippen molar-refractivity contribution in [2.45, 2.75) is 50.1 Å². The molecule has 1 aliphatic carbocycles. The summed E-state index contributed by atoms with van der Waals surface area (Å²) < 4.78 is 0. The first-order valence-electron chi connectivity index (χ1n) is 6.44. The van der Waals surface area contributed by atoms with Gasteiger partial charge in [-0.3, -0.25) is 0 Å². The largest absolute Gasteiger partial charge is 0.310 e. The Labute approximate surface area is 113 Å². The lowest BCUT2D eigenvalue weighted by molar-refractivity contribution is 0.680. The van der Waals surface area contributed by atoms with Crippen molar-refractivity contribution in [3.8, 4) is 0 Å². The smallest absolute Gasteiger partial charge is 0.0417 e. The highest BCUT2D eigenvalue weighted by Gasteiger charge is 2.20. The minimum atomic E-state index is 0.763. The van der Waals surface area contributed by atoms with Gasteiger partial charge >= 0.3 is 0 Å². The van der Waals surface area contributed by atoms with E-state index in [1.54, 1.807) is 0 Å². The fourth-order valence-electron chi connectivity index (χ4n) is 1.68. The van der Waals surface area contributed by atoms with Gasteiger partial charge in [-0.1, -0.05) is 31.0 Å². The highest BCUT2D eigenvalue weighted by molar-refractivity contribution is 7.99. The Kier molecular flexibility index (Phi) is 5.20. The lowest BCUT2D eigenvalue weighted by Crippen LogP contribution is -2.15. The van der Waals surface area contributed by atoms with E-state index in [9.17, 15) is 0 Å². The summed E-state index contributed by atoms with van der Waals surface area (Å²) in [5.74, 6) is 1.19. The summed E-state index contributed by atoms with van der Waals surface area (Å²) in [5, 5.41) is 4.41. The molecule has 1 nitrogen and oxygen atoms in total. The number of benzene rings is 1. The number of hydrogen-bond acceptors (Lipinski definition) is 2. The van der Waals surface area contributed by atoms with E-state index in [4.69, 9.17) is 11.6 Å². The third-order valence-electron chi connectivity index (χ3n) is 2.94. The predicted octanol–water partition coefficient (Wildman–Crippen LogP) is 4.48. The van der Waals surface area contributed by atoms with Crippen LogP contribution in [0.25, 0.3) is 0 Å². The number of unbranched alkanes of at least 4 members (excludes halogenated alkanes) is 1. The third-order valence-corrected chi connectivity index (χ3v) is 4.36. The summed E-state index contributed by atoms with van der Waals surface area (Å²) in [6, 6.07) is 7.02. The van der Waals surface area contributed by atoms with Crippen LogP contribution in [0.15, 0.2) is 23.1 Å². The normalized spacial score (nSPS) is 15.2. The number of nitrogens with one attached hydrogen (secondary N) is 1. The van der Waals surface area contributed by atoms with Crippen LogP contribution in [-0.2, 0) is 6.54 Å². The molecular weight excluding hydrogens is 250 g/mol. The van der Waals surface area contributed by atoms with E-state index in [1.807, 2.05) is 17.8 Å². The lowest BCUT2D eigenvalue weighted by Gasteiger charge is -2.10. The Morgan fingerprint density at radius 1 is 1.41 bits per heavy atom. The van der Waals surface area contributed by atoms with Crippen LogP contribution in [0.2, 0.25) is 5.02 Å². The Balaban J connectivity index is 1.95. The SMILES string of the molecule is CCCCSc1cc(Cl)ccc1CNC1CC1. The van der Waals surface area contributed by atoms with Gasteiger partial charge in [0.1, 0.15) is 0 Å². The molecule has 1 aromatic carbocycles. The monoisotopic (exact) mass is 269 g/mol. The first kappa shape index (κ1) is 13.3. The molecule has 1 aromatic rings. The van der Waals surface area contributed by atoms with Crippen LogP contribution in [0.5, 0.6) is 0 Å². The van der Waals surface area contributed by atoms with Crippen LogP contribution in [0.3, 0.4) is 0 Å². The van der Waals surface area contributed by atoms with E-state index in [0.717, 1.165) is 17.6 Å². The molecule has 0 atom stereocenters. The summed E-state index contributed by atoms with van der Waals surface area (Å²) in [7, 11) is 0. The highest BCUT2D eigenvalue weighted by Crippen LogP contribution is 2.28. The molecule has 3 heteroatoms. The molecule has 1 aliphatic rings. The third kappa shape index (κ3) is 4.53. The molecule has 0 heterocycles. The number of hydrogen-bond donors (Lipinski definition) is 1. The van der Waals surface area contributed by atoms with Crippen LogP contribution in [0.4, 0.5) is 0 Å². The zero-order valence-corrected chi connectivity index (χ0v) is 11.9. The second kappa shape index (κ2) is 6.67. The predicted molar refractivity (Wildman–Crippen MR) is 76.9 cm³/mol. The van der Waals surface area contributed by atoms with Crippen molar-refractivity contribution in [2.75, 3.05) is 5.75 Å². The Bertz CT molecular complexity index is 363. The molecule has 0 saturated heterocycles. The Hall–Kier alpha value is -0.180. The van der Waals surface area contributed by atoms with Crippen molar-refractivity contribution < 1.29 is 0 Å². The maximum atomic E-state index is 6.07. The Morgan fingerprint density at radius 2 is 2.24 bits per heavy atom. The molecule has 1 saturated carbocycles. The Morgan fingerprint density at radius 3 is 2.94 bits per heavy atom. The standard InChI is InChI=1S/C14H20ClNS/c1-2-3-8-17-14-9-12(15)5-4-11(14)10-16-13-6-7-13/h4-5,9,13,16H,2-3,6-8,10H2,1H3. The number of thioether (sulfide) groups is 1. The molecule has 2 rings (SSSR count). The molecule has 17 heavy (non-hydrogen) atoms. The van der Waals surface area contributed by atoms with Crippen molar-refractivity contribution in [2.24, 2.45) is 0 Å². The zero-order chi connectivity index (χ0) is 12.1. The molecule has 94 valence electrons. The second-order valence-electron chi connectivity index (χ2n) is 4.61. The molecule has 0 spiro atoms. The van der Waals surface area contributed by atoms with E-state index < -0.39 is 0 Å². The summed E-state index contributed by atoms with van der Waals surface area (Å²) in [6.45, 7) is 3.21. The van der Waals surface area contributed by atoms with Crippen molar-refractivity contribution >= 4 is 23.4 Å². The fraction of sp³-hybridized carbons (Fsp3) is 0.571. The van der Waals surface area contributed by atoms with E-state index in [2.05, 4.69) is 24.4 Å². The van der Waals surface area contributed by atoms with Gasteiger partial charge in [0.15, 0.2) is 0 Å². The number of rotatable bonds is 7. The maximum absolute atomic E-state index is 6.07. The van der Waals surface area contributed by atoms with Crippen LogP contribution < -0.4 is 5.32 Å². The fourth-order valence-corrected chi connectivity index (χ4v) is 3.10. The molecule has 0 unspecified atom stereocenters. The van der Waals surface area contributed by atoms with Crippen LogP contribution in [0, 0.1) is 0 Å². The molecule has 0 bridgehead atoms. The summed E-state index contributed by atoms with van der Waals surface area (Å²) in [5.41, 5.74) is 1.39. The van der Waals surface area contributed by atoms with Crippen LogP contribution >= 0.6 is 23.4 Å². The van der Waals surface area contributed by atoms with Gasteiger partial charge in [-0.2, -0.15) is 0 Å². The van der Waals surface area contributed by atoms with Gasteiger partial charge in [0.2, 0.25) is 0 Å². The van der Waals surface area contributed by atoms with E-state index in [0.29, 0.717) is 0 Å². The van der Waals surface area contributed by atoms with Gasteiger partial charge in [0.25, 0.3) is 0 Å². The van der Waals surface area contributed by atoms with Crippen molar-refractivity contribution in [1.29, 1.82) is 0 Å². The molecule has 0 amide bonds. The summed E-state index contributed by atoms with van der Waals surface area (Å²) in [6.07, 6.45) is 5.20. The molecule has 1 N–H and O–H groups in total. The van der Waals surface area contributed by atoms with Gasteiger partial charge in [-0.25, -0.2) is 0 Å². The minimum Gasteiger partial charge on any atom is -0.310 e. The quantitative estimate of drug-likeness (QED) is 0.578. The van der Waals surface area contributed by atoms with Crippen molar-refractivity contribution in [3.63, 3.8) is 0 Å². The molecule has 0 aliphatic heterocycles. The van der Waals surface area contributed by atoms with E-state index in [1.165, 1.54) is 41.9 Å². The van der Waals surface area contributed by atoms with Crippen molar-refractivity contribution in [1.82, 2.24) is 5.32 Å². The van der Waals surface area contributed by atoms with Gasteiger partial charge in [-0.05, 0) is 42.7 Å². The first-order valence-corrected chi connectivity index (χ1v) is 7.80. The zero-order valence-electron chi connectivity index (χ0n) is 10.3. The lowest BCUT2D eigenvalue weighted by atomic mass is 10.2. The number of halogens is 1. The first-order chi connectivity index (χ1) is 8.29.